The fourth-order valence-corrected chi connectivity index (χ4v) is 3.65. The molecule has 2 amide bonds. The highest BCUT2D eigenvalue weighted by Crippen LogP contribution is 2.24. The van der Waals surface area contributed by atoms with Crippen molar-refractivity contribution >= 4 is 23.2 Å². The van der Waals surface area contributed by atoms with Gasteiger partial charge in [0.05, 0.1) is 25.6 Å². The molecule has 7 heteroatoms. The molecule has 0 radical (unpaired) electrons. The Bertz CT molecular complexity index is 747. The van der Waals surface area contributed by atoms with E-state index < -0.39 is 0 Å². The van der Waals surface area contributed by atoms with E-state index >= 15 is 0 Å². The minimum absolute atomic E-state index is 0.0185. The maximum Gasteiger partial charge on any atom is 0.222 e. The molecule has 27 heavy (non-hydrogen) atoms. The van der Waals surface area contributed by atoms with Crippen LogP contribution in [0.2, 0.25) is 0 Å². The van der Waals surface area contributed by atoms with Crippen LogP contribution in [0.15, 0.2) is 41.8 Å². The van der Waals surface area contributed by atoms with Crippen molar-refractivity contribution in [1.82, 2.24) is 15.5 Å². The normalized spacial score (nSPS) is 13.1. The number of nitrogens with zero attached hydrogens (tertiary/aromatic N) is 1. The quantitative estimate of drug-likeness (QED) is 0.692. The predicted octanol–water partition coefficient (Wildman–Crippen LogP) is 2.74. The molecule has 0 saturated carbocycles. The number of amides is 2. The number of likely N-dealkylation sites (N-methyl/N-ethyl adjacent to an activating group) is 1. The number of methoxy groups -OCH3 is 1. The van der Waals surface area contributed by atoms with Gasteiger partial charge in [-0.15, -0.1) is 11.3 Å². The third-order valence-electron chi connectivity index (χ3n) is 4.25. The van der Waals surface area contributed by atoms with Gasteiger partial charge < -0.3 is 20.3 Å². The zero-order valence-electron chi connectivity index (χ0n) is 16.2. The highest BCUT2D eigenvalue weighted by Gasteiger charge is 2.20. The number of carbonyl (C=O) groups excluding carboxylic acids is 2. The zero-order valence-corrected chi connectivity index (χ0v) is 17.0. The van der Waals surface area contributed by atoms with Crippen LogP contribution in [0.25, 0.3) is 0 Å². The molecule has 1 heterocycles. The molecule has 146 valence electrons. The van der Waals surface area contributed by atoms with Crippen molar-refractivity contribution in [3.8, 4) is 5.75 Å². The summed E-state index contributed by atoms with van der Waals surface area (Å²) in [4.78, 5) is 27.0. The van der Waals surface area contributed by atoms with Gasteiger partial charge in [-0.2, -0.15) is 0 Å². The Hall–Kier alpha value is -2.38. The number of carbonyl (C=O) groups is 2. The van der Waals surface area contributed by atoms with Gasteiger partial charge in [0, 0.05) is 18.3 Å². The molecule has 2 unspecified atom stereocenters. The van der Waals surface area contributed by atoms with Gasteiger partial charge in [0.2, 0.25) is 11.8 Å². The first kappa shape index (κ1) is 20.9. The number of hydrogen-bond donors (Lipinski definition) is 2. The fraction of sp³-hybridized carbons (Fsp3) is 0.400. The predicted molar refractivity (Wildman–Crippen MR) is 108 cm³/mol. The van der Waals surface area contributed by atoms with Crippen molar-refractivity contribution in [2.75, 3.05) is 27.7 Å². The van der Waals surface area contributed by atoms with Gasteiger partial charge in [-0.25, -0.2) is 0 Å². The molecule has 0 aliphatic heterocycles. The lowest BCUT2D eigenvalue weighted by atomic mass is 10.1. The van der Waals surface area contributed by atoms with Gasteiger partial charge >= 0.3 is 0 Å². The molecule has 0 aliphatic rings. The first-order valence-electron chi connectivity index (χ1n) is 8.78. The molecule has 0 saturated heterocycles. The van der Waals surface area contributed by atoms with Gasteiger partial charge in [0.1, 0.15) is 5.75 Å². The van der Waals surface area contributed by atoms with E-state index in [9.17, 15) is 9.59 Å². The van der Waals surface area contributed by atoms with Gasteiger partial charge in [-0.05, 0) is 43.2 Å². The van der Waals surface area contributed by atoms with Crippen LogP contribution in [-0.4, -0.2) is 44.5 Å². The summed E-state index contributed by atoms with van der Waals surface area (Å²) in [5.74, 6) is 0.537. The molecule has 0 bridgehead atoms. The SMILES string of the molecule is COc1cccc(C(CNC(=O)CC(NC(C)=O)c2cccs2)N(C)C)c1. The largest absolute Gasteiger partial charge is 0.497 e. The smallest absolute Gasteiger partial charge is 0.222 e. The monoisotopic (exact) mass is 389 g/mol. The fourth-order valence-electron chi connectivity index (χ4n) is 2.87. The minimum atomic E-state index is -0.308. The summed E-state index contributed by atoms with van der Waals surface area (Å²) in [5, 5.41) is 7.79. The molecule has 1 aromatic heterocycles. The summed E-state index contributed by atoms with van der Waals surface area (Å²) in [6, 6.07) is 11.4. The maximum absolute atomic E-state index is 12.5. The highest BCUT2D eigenvalue weighted by molar-refractivity contribution is 7.10. The van der Waals surface area contributed by atoms with Crippen molar-refractivity contribution in [1.29, 1.82) is 0 Å². The van der Waals surface area contributed by atoms with Crippen LogP contribution in [0.1, 0.15) is 35.9 Å². The van der Waals surface area contributed by atoms with Crippen LogP contribution < -0.4 is 15.4 Å². The van der Waals surface area contributed by atoms with Crippen molar-refractivity contribution in [3.05, 3.63) is 52.2 Å². The van der Waals surface area contributed by atoms with Gasteiger partial charge in [0.15, 0.2) is 0 Å². The summed E-state index contributed by atoms with van der Waals surface area (Å²) < 4.78 is 5.30. The molecular formula is C20H27N3O3S. The van der Waals surface area contributed by atoms with Crippen LogP contribution in [0.3, 0.4) is 0 Å². The lowest BCUT2D eigenvalue weighted by Gasteiger charge is -2.26. The van der Waals surface area contributed by atoms with E-state index in [2.05, 4.69) is 15.5 Å². The van der Waals surface area contributed by atoms with Crippen molar-refractivity contribution in [2.24, 2.45) is 0 Å². The van der Waals surface area contributed by atoms with Crippen LogP contribution in [0.5, 0.6) is 5.75 Å². The van der Waals surface area contributed by atoms with E-state index in [1.807, 2.05) is 55.9 Å². The second-order valence-corrected chi connectivity index (χ2v) is 7.51. The summed E-state index contributed by atoms with van der Waals surface area (Å²) in [7, 11) is 5.59. The molecule has 2 aromatic rings. The van der Waals surface area contributed by atoms with Crippen LogP contribution in [0, 0.1) is 0 Å². The third kappa shape index (κ3) is 6.37. The second-order valence-electron chi connectivity index (χ2n) is 6.53. The van der Waals surface area contributed by atoms with E-state index in [4.69, 9.17) is 4.74 Å². The van der Waals surface area contributed by atoms with Crippen LogP contribution in [-0.2, 0) is 9.59 Å². The zero-order chi connectivity index (χ0) is 19.8. The Balaban J connectivity index is 2.01. The Morgan fingerprint density at radius 2 is 2.00 bits per heavy atom. The number of thiophene rings is 1. The lowest BCUT2D eigenvalue weighted by Crippen LogP contribution is -2.37. The first-order valence-corrected chi connectivity index (χ1v) is 9.66. The Morgan fingerprint density at radius 1 is 1.22 bits per heavy atom. The molecule has 0 aliphatic carbocycles. The Kier molecular flexibility index (Phi) is 7.82. The molecule has 6 nitrogen and oxygen atoms in total. The van der Waals surface area contributed by atoms with Crippen LogP contribution >= 0.6 is 11.3 Å². The van der Waals surface area contributed by atoms with E-state index in [-0.39, 0.29) is 30.3 Å². The number of hydrogen-bond acceptors (Lipinski definition) is 5. The molecule has 2 rings (SSSR count). The Morgan fingerprint density at radius 3 is 2.59 bits per heavy atom. The lowest BCUT2D eigenvalue weighted by molar-refractivity contribution is -0.122. The van der Waals surface area contributed by atoms with Crippen LogP contribution in [0.4, 0.5) is 0 Å². The van der Waals surface area contributed by atoms with Gasteiger partial charge in [0.25, 0.3) is 0 Å². The van der Waals surface area contributed by atoms with E-state index in [1.165, 1.54) is 18.3 Å². The third-order valence-corrected chi connectivity index (χ3v) is 5.23. The molecule has 0 fully saturated rings. The number of rotatable bonds is 9. The summed E-state index contributed by atoms with van der Waals surface area (Å²) in [6.45, 7) is 1.93. The highest BCUT2D eigenvalue weighted by atomic mass is 32.1. The molecule has 1 aromatic carbocycles. The van der Waals surface area contributed by atoms with Crippen molar-refractivity contribution < 1.29 is 14.3 Å². The average molecular weight is 390 g/mol. The Labute approximate surface area is 164 Å². The molecular weight excluding hydrogens is 362 g/mol. The van der Waals surface area contributed by atoms with Crippen molar-refractivity contribution in [3.63, 3.8) is 0 Å². The van der Waals surface area contributed by atoms with E-state index in [0.29, 0.717) is 6.54 Å². The minimum Gasteiger partial charge on any atom is -0.497 e. The topological polar surface area (TPSA) is 70.7 Å². The molecule has 2 atom stereocenters. The summed E-state index contributed by atoms with van der Waals surface area (Å²) in [5.41, 5.74) is 1.07. The summed E-state index contributed by atoms with van der Waals surface area (Å²) in [6.07, 6.45) is 0.207. The number of benzene rings is 1. The molecule has 2 N–H and O–H groups in total. The average Bonchev–Trinajstić information content (AvgIpc) is 3.15. The van der Waals surface area contributed by atoms with E-state index in [0.717, 1.165) is 16.2 Å². The maximum atomic E-state index is 12.5. The molecule has 0 spiro atoms. The summed E-state index contributed by atoms with van der Waals surface area (Å²) >= 11 is 1.53. The number of ether oxygens (including phenoxy) is 1. The van der Waals surface area contributed by atoms with Gasteiger partial charge in [-0.3, -0.25) is 9.59 Å². The van der Waals surface area contributed by atoms with E-state index in [1.54, 1.807) is 7.11 Å². The van der Waals surface area contributed by atoms with Crippen molar-refractivity contribution in [2.45, 2.75) is 25.4 Å². The standard InChI is InChI=1S/C20H27N3O3S/c1-14(24)22-17(19-9-6-10-27-19)12-20(25)21-13-18(23(2)3)15-7-5-8-16(11-15)26-4/h5-11,17-18H,12-13H2,1-4H3,(H,21,25)(H,22,24). The van der Waals surface area contributed by atoms with Gasteiger partial charge in [-0.1, -0.05) is 18.2 Å². The second kappa shape index (κ2) is 10.1. The number of nitrogens with one attached hydrogen (secondary N) is 2. The first-order chi connectivity index (χ1) is 12.9.